The quantitative estimate of drug-likeness (QED) is 0.478. The second kappa shape index (κ2) is 7.06. The molecule has 1 aromatic rings. The predicted molar refractivity (Wildman–Crippen MR) is 86.5 cm³/mol. The highest BCUT2D eigenvalue weighted by Gasteiger charge is 2.17. The summed E-state index contributed by atoms with van der Waals surface area (Å²) in [5.41, 5.74) is 6.02. The maximum Gasteiger partial charge on any atom is 0.191 e. The molecule has 1 aliphatic rings. The van der Waals surface area contributed by atoms with Crippen LogP contribution in [0, 0.1) is 12.8 Å². The summed E-state index contributed by atoms with van der Waals surface area (Å²) in [6.07, 6.45) is 2.39. The summed E-state index contributed by atoms with van der Waals surface area (Å²) in [7, 11) is 1.94. The molecule has 2 N–H and O–H groups in total. The van der Waals surface area contributed by atoms with Gasteiger partial charge in [-0.15, -0.1) is 34.2 Å². The van der Waals surface area contributed by atoms with Crippen LogP contribution in [0.1, 0.15) is 31.4 Å². The van der Waals surface area contributed by atoms with Gasteiger partial charge in [0.05, 0.1) is 0 Å². The molecule has 0 radical (unpaired) electrons. The van der Waals surface area contributed by atoms with E-state index < -0.39 is 0 Å². The Labute approximate surface area is 131 Å². The van der Waals surface area contributed by atoms with E-state index in [-0.39, 0.29) is 24.0 Å². The van der Waals surface area contributed by atoms with Crippen molar-refractivity contribution in [3.05, 3.63) is 11.6 Å². The lowest BCUT2D eigenvalue weighted by molar-refractivity contribution is 0.277. The number of aliphatic imine (C=N–C) groups is 1. The first kappa shape index (κ1) is 16.2. The van der Waals surface area contributed by atoms with Crippen molar-refractivity contribution < 1.29 is 0 Å². The van der Waals surface area contributed by atoms with E-state index in [1.807, 2.05) is 18.5 Å². The van der Waals surface area contributed by atoms with Gasteiger partial charge < -0.3 is 15.2 Å². The second-order valence-corrected chi connectivity index (χ2v) is 5.07. The number of aryl methyl sites for hydroxylation is 1. The molecule has 0 aromatic carbocycles. The van der Waals surface area contributed by atoms with Crippen LogP contribution in [0.2, 0.25) is 0 Å². The van der Waals surface area contributed by atoms with Crippen LogP contribution in [0.3, 0.4) is 0 Å². The van der Waals surface area contributed by atoms with Gasteiger partial charge in [-0.05, 0) is 25.7 Å². The van der Waals surface area contributed by atoms with Crippen LogP contribution in [0.25, 0.3) is 0 Å². The SMILES string of the molecule is Cc1nnc(CN=C(N)N2CCC(C)CC2)n1C.I. The number of hydrogen-bond donors (Lipinski definition) is 1. The Bertz CT molecular complexity index is 433. The molecule has 6 nitrogen and oxygen atoms in total. The molecule has 0 saturated carbocycles. The van der Waals surface area contributed by atoms with Crippen LogP contribution in [-0.4, -0.2) is 38.7 Å². The molecule has 0 amide bonds. The Morgan fingerprint density at radius 1 is 1.37 bits per heavy atom. The number of likely N-dealkylation sites (tertiary alicyclic amines) is 1. The molecule has 19 heavy (non-hydrogen) atoms. The van der Waals surface area contributed by atoms with Gasteiger partial charge in [-0.1, -0.05) is 6.92 Å². The number of hydrogen-bond acceptors (Lipinski definition) is 3. The number of nitrogens with zero attached hydrogens (tertiary/aromatic N) is 5. The lowest BCUT2D eigenvalue weighted by atomic mass is 10.00. The average Bonchev–Trinajstić information content (AvgIpc) is 2.68. The van der Waals surface area contributed by atoms with Crippen LogP contribution in [0.4, 0.5) is 0 Å². The third kappa shape index (κ3) is 4.05. The zero-order valence-electron chi connectivity index (χ0n) is 11.8. The molecule has 108 valence electrons. The van der Waals surface area contributed by atoms with E-state index in [4.69, 9.17) is 5.73 Å². The molecule has 0 bridgehead atoms. The Hall–Kier alpha value is -0.860. The highest BCUT2D eigenvalue weighted by Crippen LogP contribution is 2.15. The minimum atomic E-state index is 0. The van der Waals surface area contributed by atoms with E-state index in [9.17, 15) is 0 Å². The Morgan fingerprint density at radius 3 is 2.53 bits per heavy atom. The normalized spacial score (nSPS) is 17.4. The number of halogens is 1. The lowest BCUT2D eigenvalue weighted by Crippen LogP contribution is -2.42. The standard InChI is InChI=1S/C12H22N6.HI/c1-9-4-6-18(7-5-9)12(13)14-8-11-16-15-10(2)17(11)3;/h9H,4-8H2,1-3H3,(H2,13,14);1H. The van der Waals surface area contributed by atoms with Gasteiger partial charge in [0.2, 0.25) is 0 Å². The van der Waals surface area contributed by atoms with E-state index in [1.165, 1.54) is 12.8 Å². The number of guanidine groups is 1. The fraction of sp³-hybridized carbons (Fsp3) is 0.750. The van der Waals surface area contributed by atoms with Gasteiger partial charge in [-0.2, -0.15) is 0 Å². The van der Waals surface area contributed by atoms with Crippen molar-refractivity contribution in [2.45, 2.75) is 33.2 Å². The molecular weight excluding hydrogens is 355 g/mol. The van der Waals surface area contributed by atoms with Crippen molar-refractivity contribution >= 4 is 29.9 Å². The van der Waals surface area contributed by atoms with Crippen LogP contribution in [-0.2, 0) is 13.6 Å². The number of aromatic nitrogens is 3. The smallest absolute Gasteiger partial charge is 0.191 e. The third-order valence-electron chi connectivity index (χ3n) is 3.67. The molecule has 1 fully saturated rings. The van der Waals surface area contributed by atoms with Crippen molar-refractivity contribution in [3.8, 4) is 0 Å². The van der Waals surface area contributed by atoms with Gasteiger partial charge in [-0.3, -0.25) is 0 Å². The molecule has 0 aliphatic carbocycles. The summed E-state index contributed by atoms with van der Waals surface area (Å²) >= 11 is 0. The number of nitrogens with two attached hydrogens (primary N) is 1. The van der Waals surface area contributed by atoms with E-state index >= 15 is 0 Å². The molecule has 2 heterocycles. The molecule has 0 spiro atoms. The number of rotatable bonds is 2. The highest BCUT2D eigenvalue weighted by molar-refractivity contribution is 14.0. The van der Waals surface area contributed by atoms with Crippen molar-refractivity contribution in [2.75, 3.05) is 13.1 Å². The van der Waals surface area contributed by atoms with Crippen molar-refractivity contribution in [1.82, 2.24) is 19.7 Å². The maximum atomic E-state index is 6.02. The zero-order valence-corrected chi connectivity index (χ0v) is 14.2. The topological polar surface area (TPSA) is 72.3 Å². The highest BCUT2D eigenvalue weighted by atomic mass is 127. The zero-order chi connectivity index (χ0) is 13.1. The lowest BCUT2D eigenvalue weighted by Gasteiger charge is -2.30. The fourth-order valence-electron chi connectivity index (χ4n) is 2.08. The summed E-state index contributed by atoms with van der Waals surface area (Å²) in [5, 5.41) is 8.08. The minimum absolute atomic E-state index is 0. The van der Waals surface area contributed by atoms with E-state index in [1.54, 1.807) is 0 Å². The molecule has 1 aliphatic heterocycles. The van der Waals surface area contributed by atoms with Gasteiger partial charge in [-0.25, -0.2) is 4.99 Å². The fourth-order valence-corrected chi connectivity index (χ4v) is 2.08. The summed E-state index contributed by atoms with van der Waals surface area (Å²) in [6.45, 7) is 6.72. The van der Waals surface area contributed by atoms with Crippen molar-refractivity contribution in [2.24, 2.45) is 23.7 Å². The number of piperidine rings is 1. The van der Waals surface area contributed by atoms with Crippen LogP contribution in [0.5, 0.6) is 0 Å². The van der Waals surface area contributed by atoms with E-state index in [0.29, 0.717) is 12.5 Å². The van der Waals surface area contributed by atoms with Gasteiger partial charge in [0.1, 0.15) is 12.4 Å². The predicted octanol–water partition coefficient (Wildman–Crippen LogP) is 1.29. The van der Waals surface area contributed by atoms with Crippen molar-refractivity contribution in [1.29, 1.82) is 0 Å². The van der Waals surface area contributed by atoms with Gasteiger partial charge >= 0.3 is 0 Å². The molecule has 0 unspecified atom stereocenters. The van der Waals surface area contributed by atoms with E-state index in [2.05, 4.69) is 27.0 Å². The summed E-state index contributed by atoms with van der Waals surface area (Å²) < 4.78 is 1.94. The summed E-state index contributed by atoms with van der Waals surface area (Å²) in [6, 6.07) is 0. The molecule has 1 saturated heterocycles. The first-order valence-electron chi connectivity index (χ1n) is 6.47. The first-order chi connectivity index (χ1) is 8.58. The Balaban J connectivity index is 0.00000180. The monoisotopic (exact) mass is 378 g/mol. The van der Waals surface area contributed by atoms with Crippen LogP contribution >= 0.6 is 24.0 Å². The largest absolute Gasteiger partial charge is 0.370 e. The maximum absolute atomic E-state index is 6.02. The van der Waals surface area contributed by atoms with Gasteiger partial charge in [0.15, 0.2) is 11.8 Å². The Morgan fingerprint density at radius 2 is 2.00 bits per heavy atom. The van der Waals surface area contributed by atoms with Crippen molar-refractivity contribution in [3.63, 3.8) is 0 Å². The summed E-state index contributed by atoms with van der Waals surface area (Å²) in [4.78, 5) is 6.57. The average molecular weight is 378 g/mol. The Kier molecular flexibility index (Phi) is 6.02. The first-order valence-corrected chi connectivity index (χ1v) is 6.47. The summed E-state index contributed by atoms with van der Waals surface area (Å²) in [5.74, 6) is 3.17. The third-order valence-corrected chi connectivity index (χ3v) is 3.67. The van der Waals surface area contributed by atoms with Crippen LogP contribution in [0.15, 0.2) is 4.99 Å². The molecule has 1 aromatic heterocycles. The molecule has 2 rings (SSSR count). The molecule has 0 atom stereocenters. The van der Waals surface area contributed by atoms with Gasteiger partial charge in [0.25, 0.3) is 0 Å². The minimum Gasteiger partial charge on any atom is -0.370 e. The molecular formula is C12H23IN6. The second-order valence-electron chi connectivity index (χ2n) is 5.07. The van der Waals surface area contributed by atoms with Gasteiger partial charge in [0, 0.05) is 20.1 Å². The van der Waals surface area contributed by atoms with E-state index in [0.717, 1.165) is 30.7 Å². The molecule has 7 heteroatoms. The van der Waals surface area contributed by atoms with Crippen LogP contribution < -0.4 is 5.73 Å².